The zero-order valence-electron chi connectivity index (χ0n) is 24.0. The lowest BCUT2D eigenvalue weighted by Crippen LogP contribution is -2.69. The summed E-state index contributed by atoms with van der Waals surface area (Å²) in [5.41, 5.74) is -2.18. The van der Waals surface area contributed by atoms with Crippen LogP contribution in [-0.2, 0) is 23.8 Å². The van der Waals surface area contributed by atoms with Gasteiger partial charge in [0.05, 0.1) is 17.9 Å². The smallest absolute Gasteiger partial charge is 0.384 e. The zero-order chi connectivity index (χ0) is 35.9. The predicted octanol–water partition coefficient (Wildman–Crippen LogP) is 6.71. The van der Waals surface area contributed by atoms with Gasteiger partial charge < -0.3 is 24.1 Å². The Morgan fingerprint density at radius 2 is 1.39 bits per heavy atom. The summed E-state index contributed by atoms with van der Waals surface area (Å²) in [5.74, 6) is -41.8. The van der Waals surface area contributed by atoms with Gasteiger partial charge in [0.25, 0.3) is 0 Å². The topological polar surface area (TPSA) is 108 Å². The van der Waals surface area contributed by atoms with Crippen LogP contribution in [0.1, 0.15) is 44.0 Å². The molecule has 1 aromatic rings. The summed E-state index contributed by atoms with van der Waals surface area (Å²) < 4.78 is 179. The molecule has 0 fully saturated rings. The molecule has 0 aliphatic rings. The van der Waals surface area contributed by atoms with E-state index in [1.54, 1.807) is 0 Å². The predicted molar refractivity (Wildman–Crippen MR) is 130 cm³/mol. The summed E-state index contributed by atoms with van der Waals surface area (Å²) in [7, 11) is 0. The number of para-hydroxylation sites is 1. The fraction of sp³-hybridized carbons (Fsp3) is 0.654. The minimum Gasteiger partial charge on any atom is -0.478 e. The van der Waals surface area contributed by atoms with Crippen molar-refractivity contribution in [2.75, 3.05) is 26.6 Å². The van der Waals surface area contributed by atoms with Crippen LogP contribution in [-0.4, -0.2) is 85.7 Å². The number of carbonyl (C=O) groups is 3. The summed E-state index contributed by atoms with van der Waals surface area (Å²) in [5, 5.41) is 9.08. The van der Waals surface area contributed by atoms with Crippen LogP contribution < -0.4 is 4.74 Å². The molecule has 0 saturated carbocycles. The monoisotopic (exact) mass is 696 g/mol. The highest BCUT2D eigenvalue weighted by atomic mass is 19.4. The first-order chi connectivity index (χ1) is 20.8. The highest BCUT2D eigenvalue weighted by Crippen LogP contribution is 2.58. The third kappa shape index (κ3) is 8.67. The fourth-order valence-corrected chi connectivity index (χ4v) is 3.56. The third-order valence-corrected chi connectivity index (χ3v) is 6.35. The van der Waals surface area contributed by atoms with Gasteiger partial charge in [-0.2, -0.15) is 43.9 Å². The van der Waals surface area contributed by atoms with E-state index in [1.165, 1.54) is 31.2 Å². The first-order valence-corrected chi connectivity index (χ1v) is 12.9. The Labute approximate surface area is 252 Å². The number of hydrogen-bond acceptors (Lipinski definition) is 7. The van der Waals surface area contributed by atoms with Gasteiger partial charge in [0.1, 0.15) is 17.9 Å². The number of esters is 2. The largest absolute Gasteiger partial charge is 0.478 e. The maximum absolute atomic E-state index is 14.0. The highest BCUT2D eigenvalue weighted by molar-refractivity contribution is 5.90. The van der Waals surface area contributed by atoms with Crippen LogP contribution in [0.25, 0.3) is 0 Å². The number of hydrogen-bond donors (Lipinski definition) is 1. The van der Waals surface area contributed by atoms with E-state index < -0.39 is 91.7 Å². The number of rotatable bonds is 19. The second-order valence-electron chi connectivity index (χ2n) is 10.3. The second-order valence-corrected chi connectivity index (χ2v) is 10.3. The Bertz CT molecular complexity index is 1210. The van der Waals surface area contributed by atoms with Crippen molar-refractivity contribution in [3.63, 3.8) is 0 Å². The first-order valence-electron chi connectivity index (χ1n) is 12.9. The van der Waals surface area contributed by atoms with E-state index in [0.29, 0.717) is 0 Å². The zero-order valence-corrected chi connectivity index (χ0v) is 24.0. The van der Waals surface area contributed by atoms with Crippen LogP contribution in [0.2, 0.25) is 0 Å². The van der Waals surface area contributed by atoms with Crippen molar-refractivity contribution < 1.29 is 91.1 Å². The molecule has 0 saturated heterocycles. The van der Waals surface area contributed by atoms with E-state index >= 15 is 0 Å². The molecule has 0 aliphatic heterocycles. The lowest BCUT2D eigenvalue weighted by atomic mass is 9.81. The van der Waals surface area contributed by atoms with Gasteiger partial charge in [-0.15, -0.1) is 0 Å². The number of carboxylic acid groups (broad SMARTS) is 1. The molecule has 0 spiro atoms. The molecule has 1 aromatic carbocycles. The molecule has 0 radical (unpaired) electrons. The number of carbonyl (C=O) groups excluding carboxylic acids is 2. The van der Waals surface area contributed by atoms with Crippen molar-refractivity contribution in [1.82, 2.24) is 0 Å². The number of carboxylic acids is 1. The van der Waals surface area contributed by atoms with Crippen molar-refractivity contribution >= 4 is 17.9 Å². The lowest BCUT2D eigenvalue weighted by molar-refractivity contribution is -0.414. The molecule has 20 heteroatoms. The van der Waals surface area contributed by atoms with Gasteiger partial charge in [-0.25, -0.2) is 13.6 Å². The molecule has 46 heavy (non-hydrogen) atoms. The Hall–Kier alpha value is -3.45. The van der Waals surface area contributed by atoms with E-state index in [9.17, 15) is 67.1 Å². The molecule has 8 nitrogen and oxygen atoms in total. The van der Waals surface area contributed by atoms with Crippen LogP contribution in [0.15, 0.2) is 24.3 Å². The van der Waals surface area contributed by atoms with E-state index in [0.717, 1.165) is 13.8 Å². The lowest BCUT2D eigenvalue weighted by Gasteiger charge is -2.39. The van der Waals surface area contributed by atoms with Gasteiger partial charge in [0, 0.05) is 0 Å². The number of ether oxygens (including phenoxy) is 4. The Morgan fingerprint density at radius 1 is 0.826 bits per heavy atom. The van der Waals surface area contributed by atoms with Gasteiger partial charge in [0.15, 0.2) is 13.4 Å². The van der Waals surface area contributed by atoms with Gasteiger partial charge in [-0.3, -0.25) is 9.59 Å². The van der Waals surface area contributed by atoms with Gasteiger partial charge in [0.2, 0.25) is 0 Å². The maximum atomic E-state index is 14.0. The number of halogens is 12. The molecule has 0 aromatic heterocycles. The molecule has 1 rings (SSSR count). The minimum atomic E-state index is -7.76. The standard InChI is InChI=1S/C26H28F12O8/c1-4-14(18(41)44-10-9-43-13-46-16-8-6-5-7-15(16)17(39)40)11-21(2,3)20(42)45-12-22(29,30)24(33,34)26(37,38)25(35,36)23(31,32)19(27)28/h5-8,14,19H,4,9-13H2,1-3H3,(H,39,40). The third-order valence-electron chi connectivity index (χ3n) is 6.35. The summed E-state index contributed by atoms with van der Waals surface area (Å²) >= 11 is 0. The van der Waals surface area contributed by atoms with E-state index in [-0.39, 0.29) is 24.3 Å². The summed E-state index contributed by atoms with van der Waals surface area (Å²) in [4.78, 5) is 35.9. The van der Waals surface area contributed by atoms with Gasteiger partial charge >= 0.3 is 53.9 Å². The molecule has 1 N–H and O–H groups in total. The fourth-order valence-electron chi connectivity index (χ4n) is 3.56. The van der Waals surface area contributed by atoms with E-state index in [4.69, 9.17) is 19.3 Å². The van der Waals surface area contributed by atoms with Crippen LogP contribution in [0.5, 0.6) is 5.75 Å². The van der Waals surface area contributed by atoms with Gasteiger partial charge in [-0.05, 0) is 38.8 Å². The summed E-state index contributed by atoms with van der Waals surface area (Å²) in [6.07, 6.45) is -6.31. The average Bonchev–Trinajstić information content (AvgIpc) is 2.95. The number of benzene rings is 1. The van der Waals surface area contributed by atoms with Crippen molar-refractivity contribution in [3.8, 4) is 5.75 Å². The molecule has 1 unspecified atom stereocenters. The Balaban J connectivity index is 2.77. The van der Waals surface area contributed by atoms with Crippen molar-refractivity contribution in [2.24, 2.45) is 11.3 Å². The Morgan fingerprint density at radius 3 is 1.91 bits per heavy atom. The van der Waals surface area contributed by atoms with Crippen LogP contribution in [0.3, 0.4) is 0 Å². The molecule has 0 bridgehead atoms. The molecule has 0 heterocycles. The molecular weight excluding hydrogens is 668 g/mol. The maximum Gasteiger partial charge on any atom is 0.384 e. The van der Waals surface area contributed by atoms with Crippen molar-refractivity contribution in [2.45, 2.75) is 69.7 Å². The highest BCUT2D eigenvalue weighted by Gasteiger charge is 2.88. The molecule has 0 aliphatic carbocycles. The normalized spacial score (nSPS) is 14.2. The van der Waals surface area contributed by atoms with Crippen molar-refractivity contribution in [3.05, 3.63) is 29.8 Å². The Kier molecular flexibility index (Phi) is 13.2. The molecular formula is C26H28F12O8. The average molecular weight is 696 g/mol. The van der Waals surface area contributed by atoms with Crippen LogP contribution >= 0.6 is 0 Å². The number of alkyl halides is 12. The SMILES string of the molecule is CCC(CC(C)(C)C(=O)OCC(F)(F)C(F)(F)C(F)(F)C(F)(F)C(F)(F)C(F)F)C(=O)OCCOCOc1ccccc1C(=O)O. The van der Waals surface area contributed by atoms with Crippen LogP contribution in [0, 0.1) is 11.3 Å². The van der Waals surface area contributed by atoms with Crippen molar-refractivity contribution in [1.29, 1.82) is 0 Å². The van der Waals surface area contributed by atoms with Gasteiger partial charge in [-0.1, -0.05) is 19.1 Å². The second kappa shape index (κ2) is 15.0. The molecule has 1 atom stereocenters. The summed E-state index contributed by atoms with van der Waals surface area (Å²) in [6.45, 7) is -0.935. The van der Waals surface area contributed by atoms with E-state index in [2.05, 4.69) is 4.74 Å². The molecule has 264 valence electrons. The van der Waals surface area contributed by atoms with Crippen LogP contribution in [0.4, 0.5) is 52.7 Å². The molecule has 0 amide bonds. The number of aromatic carboxylic acids is 1. The van der Waals surface area contributed by atoms with E-state index in [1.807, 2.05) is 0 Å². The minimum absolute atomic E-state index is 0.0198. The summed E-state index contributed by atoms with van der Waals surface area (Å²) in [6, 6.07) is 5.57. The first kappa shape index (κ1) is 40.6. The quantitative estimate of drug-likeness (QED) is 0.0737.